The molecular formula is C14H13BrFNO. The first-order valence-electron chi connectivity index (χ1n) is 5.57. The van der Waals surface area contributed by atoms with E-state index < -0.39 is 0 Å². The Balaban J connectivity index is 2.48. The molecule has 0 aliphatic carbocycles. The van der Waals surface area contributed by atoms with Gasteiger partial charge in [-0.3, -0.25) is 4.79 Å². The predicted octanol–water partition coefficient (Wildman–Crippen LogP) is 4.07. The van der Waals surface area contributed by atoms with Crippen LogP contribution in [0.2, 0.25) is 0 Å². The van der Waals surface area contributed by atoms with E-state index in [4.69, 9.17) is 0 Å². The van der Waals surface area contributed by atoms with Crippen molar-refractivity contribution < 1.29 is 9.18 Å². The first kappa shape index (κ1) is 13.0. The fourth-order valence-electron chi connectivity index (χ4n) is 1.85. The molecular weight excluding hydrogens is 297 g/mol. The average molecular weight is 310 g/mol. The largest absolute Gasteiger partial charge is 0.356 e. The first-order chi connectivity index (χ1) is 8.41. The molecule has 0 unspecified atom stereocenters. The summed E-state index contributed by atoms with van der Waals surface area (Å²) in [6.07, 6.45) is 0. The maximum atomic E-state index is 13.1. The number of rotatable bonds is 2. The van der Waals surface area contributed by atoms with Crippen LogP contribution in [0.1, 0.15) is 32.9 Å². The number of hydrogen-bond donors (Lipinski definition) is 1. The van der Waals surface area contributed by atoms with Gasteiger partial charge < -0.3 is 4.98 Å². The average Bonchev–Trinajstić information content (AvgIpc) is 2.60. The Morgan fingerprint density at radius 3 is 2.39 bits per heavy atom. The summed E-state index contributed by atoms with van der Waals surface area (Å²) in [7, 11) is 0. The molecule has 0 radical (unpaired) electrons. The van der Waals surface area contributed by atoms with Crippen LogP contribution in [0.15, 0.2) is 22.7 Å². The van der Waals surface area contributed by atoms with Crippen LogP contribution < -0.4 is 0 Å². The van der Waals surface area contributed by atoms with Gasteiger partial charge in [0, 0.05) is 11.3 Å². The van der Waals surface area contributed by atoms with Crippen molar-refractivity contribution in [1.29, 1.82) is 0 Å². The standard InChI is InChI=1S/C14H13BrFNO/c1-7-8(2)13(17-9(7)3)14(18)10-4-5-12(16)11(15)6-10/h4-6,17H,1-3H3. The minimum Gasteiger partial charge on any atom is -0.356 e. The molecule has 18 heavy (non-hydrogen) atoms. The SMILES string of the molecule is Cc1[nH]c(C(=O)c2ccc(F)c(Br)c2)c(C)c1C. The third kappa shape index (κ3) is 2.12. The van der Waals surface area contributed by atoms with Crippen LogP contribution >= 0.6 is 15.9 Å². The molecule has 0 fully saturated rings. The Hall–Kier alpha value is -1.42. The summed E-state index contributed by atoms with van der Waals surface area (Å²) in [5.41, 5.74) is 4.05. The molecule has 0 bridgehead atoms. The molecule has 0 spiro atoms. The van der Waals surface area contributed by atoms with Crippen LogP contribution in [0.5, 0.6) is 0 Å². The van der Waals surface area contributed by atoms with Crippen molar-refractivity contribution in [2.45, 2.75) is 20.8 Å². The summed E-state index contributed by atoms with van der Waals surface area (Å²) in [4.78, 5) is 15.4. The number of halogens is 2. The van der Waals surface area contributed by atoms with E-state index in [0.717, 1.165) is 16.8 Å². The second kappa shape index (κ2) is 4.69. The van der Waals surface area contributed by atoms with Crippen LogP contribution in [0.25, 0.3) is 0 Å². The monoisotopic (exact) mass is 309 g/mol. The van der Waals surface area contributed by atoms with Crippen molar-refractivity contribution in [2.24, 2.45) is 0 Å². The summed E-state index contributed by atoms with van der Waals surface area (Å²) in [5.74, 6) is -0.494. The second-order valence-electron chi connectivity index (χ2n) is 4.33. The number of H-pyrrole nitrogens is 1. The number of ketones is 1. The Kier molecular flexibility index (Phi) is 3.39. The number of aryl methyl sites for hydroxylation is 1. The van der Waals surface area contributed by atoms with E-state index in [1.54, 1.807) is 0 Å². The molecule has 2 rings (SSSR count). The molecule has 1 aromatic heterocycles. The third-order valence-electron chi connectivity index (χ3n) is 3.22. The fraction of sp³-hybridized carbons (Fsp3) is 0.214. The molecule has 2 aromatic rings. The molecule has 1 N–H and O–H groups in total. The molecule has 0 amide bonds. The zero-order valence-corrected chi connectivity index (χ0v) is 12.0. The van der Waals surface area contributed by atoms with Gasteiger partial charge in [-0.25, -0.2) is 4.39 Å². The van der Waals surface area contributed by atoms with E-state index in [1.165, 1.54) is 18.2 Å². The molecule has 94 valence electrons. The van der Waals surface area contributed by atoms with Crippen LogP contribution in [0.4, 0.5) is 4.39 Å². The Morgan fingerprint density at radius 1 is 1.22 bits per heavy atom. The lowest BCUT2D eigenvalue weighted by atomic mass is 10.0. The van der Waals surface area contributed by atoms with Gasteiger partial charge in [-0.05, 0) is 66.0 Å². The molecule has 2 nitrogen and oxygen atoms in total. The number of hydrogen-bond acceptors (Lipinski definition) is 1. The van der Waals surface area contributed by atoms with Crippen molar-refractivity contribution in [2.75, 3.05) is 0 Å². The summed E-state index contributed by atoms with van der Waals surface area (Å²) >= 11 is 3.09. The molecule has 0 aliphatic heterocycles. The van der Waals surface area contributed by atoms with Crippen LogP contribution in [0.3, 0.4) is 0 Å². The minimum atomic E-state index is -0.373. The smallest absolute Gasteiger partial charge is 0.209 e. The summed E-state index contributed by atoms with van der Waals surface area (Å²) in [6, 6.07) is 4.28. The van der Waals surface area contributed by atoms with Gasteiger partial charge in [-0.15, -0.1) is 0 Å². The normalized spacial score (nSPS) is 10.7. The number of aromatic nitrogens is 1. The third-order valence-corrected chi connectivity index (χ3v) is 3.83. The van der Waals surface area contributed by atoms with Crippen LogP contribution in [-0.2, 0) is 0 Å². The molecule has 0 aliphatic rings. The minimum absolute atomic E-state index is 0.121. The predicted molar refractivity (Wildman–Crippen MR) is 72.5 cm³/mol. The van der Waals surface area contributed by atoms with E-state index in [1.807, 2.05) is 20.8 Å². The van der Waals surface area contributed by atoms with Gasteiger partial charge in [0.15, 0.2) is 0 Å². The van der Waals surface area contributed by atoms with Gasteiger partial charge >= 0.3 is 0 Å². The Morgan fingerprint density at radius 2 is 1.89 bits per heavy atom. The van der Waals surface area contributed by atoms with Crippen LogP contribution in [-0.4, -0.2) is 10.8 Å². The van der Waals surface area contributed by atoms with E-state index in [-0.39, 0.29) is 11.6 Å². The second-order valence-corrected chi connectivity index (χ2v) is 5.19. The number of benzene rings is 1. The quantitative estimate of drug-likeness (QED) is 0.833. The van der Waals surface area contributed by atoms with Gasteiger partial charge in [0.1, 0.15) is 5.82 Å². The van der Waals surface area contributed by atoms with E-state index in [0.29, 0.717) is 15.7 Å². The van der Waals surface area contributed by atoms with Gasteiger partial charge in [-0.1, -0.05) is 0 Å². The lowest BCUT2D eigenvalue weighted by molar-refractivity contribution is 0.103. The van der Waals surface area contributed by atoms with Gasteiger partial charge in [-0.2, -0.15) is 0 Å². The first-order valence-corrected chi connectivity index (χ1v) is 6.36. The van der Waals surface area contributed by atoms with E-state index in [9.17, 15) is 9.18 Å². The fourth-order valence-corrected chi connectivity index (χ4v) is 2.23. The highest BCUT2D eigenvalue weighted by Crippen LogP contribution is 2.22. The van der Waals surface area contributed by atoms with Crippen molar-refractivity contribution >= 4 is 21.7 Å². The topological polar surface area (TPSA) is 32.9 Å². The Bertz CT molecular complexity index is 631. The maximum absolute atomic E-state index is 13.1. The lowest BCUT2D eigenvalue weighted by Gasteiger charge is -2.02. The highest BCUT2D eigenvalue weighted by Gasteiger charge is 2.17. The molecule has 4 heteroatoms. The number of carbonyl (C=O) groups is 1. The highest BCUT2D eigenvalue weighted by atomic mass is 79.9. The number of nitrogens with one attached hydrogen (secondary N) is 1. The van der Waals surface area contributed by atoms with Crippen LogP contribution in [0, 0.1) is 26.6 Å². The van der Waals surface area contributed by atoms with Crippen molar-refractivity contribution in [3.63, 3.8) is 0 Å². The van der Waals surface area contributed by atoms with Gasteiger partial charge in [0.25, 0.3) is 0 Å². The summed E-state index contributed by atoms with van der Waals surface area (Å²) < 4.78 is 13.4. The van der Waals surface area contributed by atoms with E-state index in [2.05, 4.69) is 20.9 Å². The number of aromatic amines is 1. The molecule has 0 atom stereocenters. The lowest BCUT2D eigenvalue weighted by Crippen LogP contribution is -2.04. The molecule has 0 saturated carbocycles. The van der Waals surface area contributed by atoms with E-state index >= 15 is 0 Å². The summed E-state index contributed by atoms with van der Waals surface area (Å²) in [5, 5.41) is 0. The highest BCUT2D eigenvalue weighted by molar-refractivity contribution is 9.10. The maximum Gasteiger partial charge on any atom is 0.209 e. The molecule has 0 saturated heterocycles. The molecule has 1 aromatic carbocycles. The Labute approximate surface area is 113 Å². The zero-order chi connectivity index (χ0) is 13.4. The summed E-state index contributed by atoms with van der Waals surface area (Å²) in [6.45, 7) is 5.81. The number of carbonyl (C=O) groups excluding carboxylic acids is 1. The zero-order valence-electron chi connectivity index (χ0n) is 10.4. The van der Waals surface area contributed by atoms with Gasteiger partial charge in [0.2, 0.25) is 5.78 Å². The van der Waals surface area contributed by atoms with Gasteiger partial charge in [0.05, 0.1) is 10.2 Å². The van der Waals surface area contributed by atoms with Crippen molar-refractivity contribution in [3.8, 4) is 0 Å². The molecule has 1 heterocycles. The van der Waals surface area contributed by atoms with Crippen molar-refractivity contribution in [1.82, 2.24) is 4.98 Å². The van der Waals surface area contributed by atoms with Crippen molar-refractivity contribution in [3.05, 3.63) is 56.6 Å².